The number of fused-ring (bicyclic) bond motifs is 2. The number of rotatable bonds is 6. The molecule has 3 fully saturated rings. The average molecular weight is 576 g/mol. The lowest BCUT2D eigenvalue weighted by Gasteiger charge is -2.33. The molecule has 4 heterocycles. The molecule has 0 saturated carbocycles. The number of hydrogen-bond acceptors (Lipinski definition) is 8. The van der Waals surface area contributed by atoms with Crippen molar-refractivity contribution in [2.24, 2.45) is 0 Å². The number of methoxy groups -OCH3 is 1. The number of ether oxygens (including phenoxy) is 4. The Morgan fingerprint density at radius 1 is 1.03 bits per heavy atom. The van der Waals surface area contributed by atoms with E-state index in [4.69, 9.17) is 30.5 Å². The number of benzene rings is 2. The number of nitrogens with one attached hydrogen (secondary N) is 1. The van der Waals surface area contributed by atoms with Gasteiger partial charge in [0.2, 0.25) is 0 Å². The fourth-order valence-corrected chi connectivity index (χ4v) is 5.82. The van der Waals surface area contributed by atoms with Gasteiger partial charge in [-0.05, 0) is 66.1 Å². The van der Waals surface area contributed by atoms with Gasteiger partial charge in [0.05, 0.1) is 36.9 Å². The van der Waals surface area contributed by atoms with Gasteiger partial charge in [0.1, 0.15) is 24.4 Å². The highest BCUT2D eigenvalue weighted by Gasteiger charge is 2.50. The first-order valence-electron chi connectivity index (χ1n) is 12.3. The van der Waals surface area contributed by atoms with E-state index in [1.165, 1.54) is 25.6 Å². The van der Waals surface area contributed by atoms with E-state index in [2.05, 4.69) is 36.1 Å². The standard InChI is InChI=1S/C26H28BrClN4O4/c1-33-21-10-16-19(29-14-30-26(16)31-15-5-6-17(27)18(28)9-15)11-22(21)36-23-13-35-24-20(12-34-25(23)24)32-7-3-2-4-8-32/h5-6,9-11,14,20,23-25H,2-4,7-8,12-13H2,1H3,(H,29,30,31)/t20-,23-,24?,25?/m1/s1. The molecule has 4 atom stereocenters. The molecular weight excluding hydrogens is 548 g/mol. The quantitative estimate of drug-likeness (QED) is 0.430. The summed E-state index contributed by atoms with van der Waals surface area (Å²) in [6.07, 6.45) is 5.06. The van der Waals surface area contributed by atoms with E-state index < -0.39 is 0 Å². The first-order chi connectivity index (χ1) is 17.6. The predicted octanol–water partition coefficient (Wildman–Crippen LogP) is 5.20. The largest absolute Gasteiger partial charge is 0.493 e. The van der Waals surface area contributed by atoms with Crippen LogP contribution >= 0.6 is 27.5 Å². The summed E-state index contributed by atoms with van der Waals surface area (Å²) >= 11 is 9.68. The van der Waals surface area contributed by atoms with Gasteiger partial charge in [-0.1, -0.05) is 18.0 Å². The van der Waals surface area contributed by atoms with E-state index in [1.807, 2.05) is 30.3 Å². The smallest absolute Gasteiger partial charge is 0.164 e. The summed E-state index contributed by atoms with van der Waals surface area (Å²) in [7, 11) is 1.63. The molecule has 3 aliphatic heterocycles. The van der Waals surface area contributed by atoms with Crippen molar-refractivity contribution in [3.8, 4) is 11.5 Å². The number of anilines is 2. The summed E-state index contributed by atoms with van der Waals surface area (Å²) in [6.45, 7) is 3.41. The van der Waals surface area contributed by atoms with Crippen molar-refractivity contribution < 1.29 is 18.9 Å². The molecule has 3 aromatic rings. The fraction of sp³-hybridized carbons (Fsp3) is 0.462. The third kappa shape index (κ3) is 4.63. The molecule has 190 valence electrons. The van der Waals surface area contributed by atoms with Crippen LogP contribution in [0.2, 0.25) is 5.02 Å². The van der Waals surface area contributed by atoms with Gasteiger partial charge in [-0.15, -0.1) is 0 Å². The van der Waals surface area contributed by atoms with Crippen LogP contribution in [0.5, 0.6) is 11.5 Å². The fourth-order valence-electron chi connectivity index (χ4n) is 5.40. The SMILES string of the molecule is COc1cc2c(Nc3ccc(Br)c(Cl)c3)ncnc2cc1O[C@@H]1COC2C1OC[C@H]2N1CCCCC1. The zero-order valence-electron chi connectivity index (χ0n) is 20.0. The molecule has 3 saturated heterocycles. The van der Waals surface area contributed by atoms with Crippen molar-refractivity contribution in [2.75, 3.05) is 38.7 Å². The van der Waals surface area contributed by atoms with Gasteiger partial charge in [0.25, 0.3) is 0 Å². The summed E-state index contributed by atoms with van der Waals surface area (Å²) in [5.74, 6) is 1.86. The molecular formula is C26H28BrClN4O4. The lowest BCUT2D eigenvalue weighted by Crippen LogP contribution is -2.47. The maximum atomic E-state index is 6.45. The molecule has 2 unspecified atom stereocenters. The highest BCUT2D eigenvalue weighted by Crippen LogP contribution is 2.39. The molecule has 3 aliphatic rings. The highest BCUT2D eigenvalue weighted by molar-refractivity contribution is 9.10. The van der Waals surface area contributed by atoms with Crippen molar-refractivity contribution in [1.29, 1.82) is 0 Å². The number of halogens is 2. The van der Waals surface area contributed by atoms with Crippen LogP contribution < -0.4 is 14.8 Å². The summed E-state index contributed by atoms with van der Waals surface area (Å²) in [5.41, 5.74) is 1.55. The van der Waals surface area contributed by atoms with Crippen LogP contribution in [0.1, 0.15) is 19.3 Å². The van der Waals surface area contributed by atoms with Gasteiger partial charge < -0.3 is 24.3 Å². The second-order valence-corrected chi connectivity index (χ2v) is 10.7. The van der Waals surface area contributed by atoms with Gasteiger partial charge in [-0.3, -0.25) is 4.90 Å². The maximum Gasteiger partial charge on any atom is 0.164 e. The molecule has 2 aromatic carbocycles. The Labute approximate surface area is 223 Å². The Kier molecular flexibility index (Phi) is 6.92. The summed E-state index contributed by atoms with van der Waals surface area (Å²) in [4.78, 5) is 11.4. The van der Waals surface area contributed by atoms with Gasteiger partial charge >= 0.3 is 0 Å². The van der Waals surface area contributed by atoms with Crippen LogP contribution in [0.15, 0.2) is 41.1 Å². The number of aromatic nitrogens is 2. The number of nitrogens with zero attached hydrogens (tertiary/aromatic N) is 3. The van der Waals surface area contributed by atoms with Crippen molar-refractivity contribution in [2.45, 2.75) is 43.6 Å². The Balaban J connectivity index is 1.23. The van der Waals surface area contributed by atoms with Crippen LogP contribution in [0, 0.1) is 0 Å². The van der Waals surface area contributed by atoms with Crippen LogP contribution in [0.25, 0.3) is 10.9 Å². The van der Waals surface area contributed by atoms with Crippen molar-refractivity contribution >= 4 is 49.9 Å². The van der Waals surface area contributed by atoms with E-state index in [9.17, 15) is 0 Å². The van der Waals surface area contributed by atoms with E-state index in [1.54, 1.807) is 7.11 Å². The first-order valence-corrected chi connectivity index (χ1v) is 13.5. The van der Waals surface area contributed by atoms with Gasteiger partial charge in [0, 0.05) is 21.6 Å². The molecule has 0 bridgehead atoms. The van der Waals surface area contributed by atoms with Crippen molar-refractivity contribution in [1.82, 2.24) is 14.9 Å². The monoisotopic (exact) mass is 574 g/mol. The van der Waals surface area contributed by atoms with Gasteiger partial charge in [-0.25, -0.2) is 9.97 Å². The van der Waals surface area contributed by atoms with Crippen LogP contribution in [0.4, 0.5) is 11.5 Å². The molecule has 36 heavy (non-hydrogen) atoms. The minimum Gasteiger partial charge on any atom is -0.493 e. The number of hydrogen-bond donors (Lipinski definition) is 1. The Morgan fingerprint density at radius 2 is 1.86 bits per heavy atom. The van der Waals surface area contributed by atoms with Crippen LogP contribution in [0.3, 0.4) is 0 Å². The van der Waals surface area contributed by atoms with Crippen LogP contribution in [-0.4, -0.2) is 72.6 Å². The van der Waals surface area contributed by atoms with E-state index in [0.29, 0.717) is 41.6 Å². The molecule has 8 nitrogen and oxygen atoms in total. The maximum absolute atomic E-state index is 6.45. The molecule has 6 rings (SSSR count). The number of piperidine rings is 1. The van der Waals surface area contributed by atoms with E-state index >= 15 is 0 Å². The lowest BCUT2D eigenvalue weighted by atomic mass is 10.0. The normalized spacial score (nSPS) is 26.2. The second-order valence-electron chi connectivity index (χ2n) is 9.41. The first kappa shape index (κ1) is 24.2. The zero-order valence-corrected chi connectivity index (χ0v) is 22.3. The molecule has 1 aromatic heterocycles. The number of likely N-dealkylation sites (tertiary alicyclic amines) is 1. The predicted molar refractivity (Wildman–Crippen MR) is 142 cm³/mol. The molecule has 0 radical (unpaired) electrons. The zero-order chi connectivity index (χ0) is 24.6. The summed E-state index contributed by atoms with van der Waals surface area (Å²) in [5, 5.41) is 4.75. The average Bonchev–Trinajstić information content (AvgIpc) is 3.49. The topological polar surface area (TPSA) is 78.0 Å². The van der Waals surface area contributed by atoms with Crippen LogP contribution in [-0.2, 0) is 9.47 Å². The molecule has 0 spiro atoms. The summed E-state index contributed by atoms with van der Waals surface area (Å²) in [6, 6.07) is 9.73. The van der Waals surface area contributed by atoms with E-state index in [-0.39, 0.29) is 18.3 Å². The summed E-state index contributed by atoms with van der Waals surface area (Å²) < 4.78 is 25.4. The second kappa shape index (κ2) is 10.3. The van der Waals surface area contributed by atoms with Crippen molar-refractivity contribution in [3.05, 3.63) is 46.2 Å². The third-order valence-corrected chi connectivity index (χ3v) is 8.46. The third-order valence-electron chi connectivity index (χ3n) is 7.22. The Bertz CT molecular complexity index is 1260. The highest BCUT2D eigenvalue weighted by atomic mass is 79.9. The van der Waals surface area contributed by atoms with Gasteiger partial charge in [-0.2, -0.15) is 0 Å². The minimum absolute atomic E-state index is 0.0374. The Hall–Kier alpha value is -2.17. The lowest BCUT2D eigenvalue weighted by molar-refractivity contribution is 0.0192. The van der Waals surface area contributed by atoms with E-state index in [0.717, 1.165) is 34.2 Å². The molecule has 1 N–H and O–H groups in total. The molecule has 0 amide bonds. The molecule has 0 aliphatic carbocycles. The Morgan fingerprint density at radius 3 is 2.67 bits per heavy atom. The van der Waals surface area contributed by atoms with Crippen molar-refractivity contribution in [3.63, 3.8) is 0 Å². The minimum atomic E-state index is -0.208. The molecule has 10 heteroatoms. The van der Waals surface area contributed by atoms with Gasteiger partial charge in [0.15, 0.2) is 17.6 Å².